The van der Waals surface area contributed by atoms with E-state index >= 15 is 0 Å². The van der Waals surface area contributed by atoms with E-state index < -0.39 is 29.9 Å². The molecule has 5 amide bonds. The van der Waals surface area contributed by atoms with E-state index in [0.717, 1.165) is 17.7 Å². The van der Waals surface area contributed by atoms with Gasteiger partial charge < -0.3 is 5.32 Å². The van der Waals surface area contributed by atoms with E-state index in [0.29, 0.717) is 29.3 Å². The standard InChI is InChI=1S/C18H21ClN4O4/c1-11-6-8-18(9-7-11)16(26)23(17(27)20-18)10-14(24)21-22-15(25)12-2-4-13(19)5-3-12/h2-5,11H,6-10H2,1H3,(H,20,27)(H,21,24)(H,22,25). The number of urea groups is 1. The number of hydrogen-bond acceptors (Lipinski definition) is 4. The maximum Gasteiger partial charge on any atom is 0.325 e. The first-order valence-electron chi connectivity index (χ1n) is 8.79. The molecule has 3 N–H and O–H groups in total. The lowest BCUT2D eigenvalue weighted by molar-refractivity contribution is -0.136. The van der Waals surface area contributed by atoms with Crippen LogP contribution in [-0.4, -0.2) is 40.7 Å². The van der Waals surface area contributed by atoms with E-state index in [-0.39, 0.29) is 5.91 Å². The molecule has 0 unspecified atom stereocenters. The van der Waals surface area contributed by atoms with E-state index in [2.05, 4.69) is 23.1 Å². The fourth-order valence-corrected chi connectivity index (χ4v) is 3.52. The summed E-state index contributed by atoms with van der Waals surface area (Å²) in [6, 6.07) is 5.55. The quantitative estimate of drug-likeness (QED) is 0.536. The van der Waals surface area contributed by atoms with Gasteiger partial charge in [-0.15, -0.1) is 0 Å². The Bertz CT molecular complexity index is 772. The van der Waals surface area contributed by atoms with E-state index in [1.807, 2.05) is 0 Å². The minimum atomic E-state index is -0.892. The molecule has 2 aliphatic rings. The van der Waals surface area contributed by atoms with Crippen LogP contribution in [0.4, 0.5) is 4.79 Å². The van der Waals surface area contributed by atoms with Crippen LogP contribution in [0.25, 0.3) is 0 Å². The maximum atomic E-state index is 12.7. The Hall–Kier alpha value is -2.61. The molecule has 0 atom stereocenters. The summed E-state index contributed by atoms with van der Waals surface area (Å²) in [4.78, 5) is 49.8. The van der Waals surface area contributed by atoms with Crippen molar-refractivity contribution in [3.63, 3.8) is 0 Å². The molecule has 2 fully saturated rings. The molecule has 1 heterocycles. The molecular formula is C18H21ClN4O4. The molecular weight excluding hydrogens is 372 g/mol. The number of benzene rings is 1. The number of hydrogen-bond donors (Lipinski definition) is 3. The van der Waals surface area contributed by atoms with E-state index in [1.165, 1.54) is 12.1 Å². The summed E-state index contributed by atoms with van der Waals surface area (Å²) < 4.78 is 0. The number of carbonyl (C=O) groups is 4. The van der Waals surface area contributed by atoms with Gasteiger partial charge in [0.25, 0.3) is 17.7 Å². The van der Waals surface area contributed by atoms with Crippen molar-refractivity contribution < 1.29 is 19.2 Å². The maximum absolute atomic E-state index is 12.7. The molecule has 1 saturated carbocycles. The van der Waals surface area contributed by atoms with Gasteiger partial charge in [-0.05, 0) is 55.9 Å². The number of hydrazine groups is 1. The summed E-state index contributed by atoms with van der Waals surface area (Å²) in [6.07, 6.45) is 2.85. The Morgan fingerprint density at radius 2 is 1.81 bits per heavy atom. The first-order valence-corrected chi connectivity index (χ1v) is 9.17. The van der Waals surface area contributed by atoms with Gasteiger partial charge in [0, 0.05) is 10.6 Å². The third-order valence-corrected chi connectivity index (χ3v) is 5.35. The van der Waals surface area contributed by atoms with Crippen molar-refractivity contribution in [3.8, 4) is 0 Å². The Kier molecular flexibility index (Phi) is 5.36. The van der Waals surface area contributed by atoms with Crippen molar-refractivity contribution in [2.75, 3.05) is 6.54 Å². The highest BCUT2D eigenvalue weighted by molar-refractivity contribution is 6.30. The number of rotatable bonds is 3. The summed E-state index contributed by atoms with van der Waals surface area (Å²) in [5.41, 5.74) is 3.88. The Labute approximate surface area is 161 Å². The van der Waals surface area contributed by atoms with Crippen molar-refractivity contribution >= 4 is 35.4 Å². The zero-order valence-electron chi connectivity index (χ0n) is 14.9. The molecule has 1 spiro atoms. The van der Waals surface area contributed by atoms with Gasteiger partial charge >= 0.3 is 6.03 Å². The van der Waals surface area contributed by atoms with Crippen molar-refractivity contribution in [3.05, 3.63) is 34.9 Å². The van der Waals surface area contributed by atoms with Crippen LogP contribution >= 0.6 is 11.6 Å². The van der Waals surface area contributed by atoms with Crippen LogP contribution in [0.1, 0.15) is 43.0 Å². The van der Waals surface area contributed by atoms with Gasteiger partial charge in [-0.2, -0.15) is 0 Å². The molecule has 144 valence electrons. The summed E-state index contributed by atoms with van der Waals surface area (Å²) in [5.74, 6) is -1.06. The number of nitrogens with one attached hydrogen (secondary N) is 3. The average Bonchev–Trinajstić information content (AvgIpc) is 2.87. The lowest BCUT2D eigenvalue weighted by Crippen LogP contribution is -2.50. The Morgan fingerprint density at radius 1 is 1.19 bits per heavy atom. The van der Waals surface area contributed by atoms with Gasteiger partial charge in [0.2, 0.25) is 0 Å². The lowest BCUT2D eigenvalue weighted by atomic mass is 9.77. The molecule has 27 heavy (non-hydrogen) atoms. The third-order valence-electron chi connectivity index (χ3n) is 5.10. The molecule has 0 aromatic heterocycles. The molecule has 1 aliphatic heterocycles. The minimum absolute atomic E-state index is 0.310. The van der Waals surface area contributed by atoms with Crippen LogP contribution < -0.4 is 16.2 Å². The second kappa shape index (κ2) is 7.56. The van der Waals surface area contributed by atoms with Gasteiger partial charge in [0.1, 0.15) is 12.1 Å². The number of halogens is 1. The van der Waals surface area contributed by atoms with Gasteiger partial charge in [-0.3, -0.25) is 30.1 Å². The lowest BCUT2D eigenvalue weighted by Gasteiger charge is -2.33. The number of carbonyl (C=O) groups excluding carboxylic acids is 4. The highest BCUT2D eigenvalue weighted by atomic mass is 35.5. The normalized spacial score (nSPS) is 24.7. The highest BCUT2D eigenvalue weighted by Crippen LogP contribution is 2.36. The first-order chi connectivity index (χ1) is 12.8. The van der Waals surface area contributed by atoms with E-state index in [1.54, 1.807) is 12.1 Å². The summed E-state index contributed by atoms with van der Waals surface area (Å²) in [6.45, 7) is 1.66. The molecule has 1 aromatic carbocycles. The fourth-order valence-electron chi connectivity index (χ4n) is 3.40. The van der Waals surface area contributed by atoms with E-state index in [9.17, 15) is 19.2 Å². The summed E-state index contributed by atoms with van der Waals surface area (Å²) in [5, 5.41) is 3.23. The topological polar surface area (TPSA) is 108 Å². The zero-order chi connectivity index (χ0) is 19.6. The number of amides is 5. The van der Waals surface area contributed by atoms with Crippen molar-refractivity contribution in [1.82, 2.24) is 21.1 Å². The van der Waals surface area contributed by atoms with Gasteiger partial charge in [-0.25, -0.2) is 4.79 Å². The van der Waals surface area contributed by atoms with Crippen LogP contribution in [0.3, 0.4) is 0 Å². The van der Waals surface area contributed by atoms with Crippen LogP contribution in [0.15, 0.2) is 24.3 Å². The molecule has 1 saturated heterocycles. The molecule has 1 aliphatic carbocycles. The smallest absolute Gasteiger partial charge is 0.323 e. The second-order valence-corrected chi connectivity index (χ2v) is 7.53. The summed E-state index contributed by atoms with van der Waals surface area (Å²) in [7, 11) is 0. The third kappa shape index (κ3) is 4.05. The first kappa shape index (κ1) is 19.2. The largest absolute Gasteiger partial charge is 0.325 e. The van der Waals surface area contributed by atoms with Crippen LogP contribution in [-0.2, 0) is 9.59 Å². The average molecular weight is 393 g/mol. The SMILES string of the molecule is CC1CCC2(CC1)NC(=O)N(CC(=O)NNC(=O)c1ccc(Cl)cc1)C2=O. The number of imide groups is 1. The second-order valence-electron chi connectivity index (χ2n) is 7.10. The van der Waals surface area contributed by atoms with E-state index in [4.69, 9.17) is 11.6 Å². The van der Waals surface area contributed by atoms with Crippen molar-refractivity contribution in [1.29, 1.82) is 0 Å². The van der Waals surface area contributed by atoms with Gasteiger partial charge in [0.15, 0.2) is 0 Å². The van der Waals surface area contributed by atoms with Crippen molar-refractivity contribution in [2.45, 2.75) is 38.1 Å². The predicted molar refractivity (Wildman–Crippen MR) is 97.7 cm³/mol. The predicted octanol–water partition coefficient (Wildman–Crippen LogP) is 1.60. The Balaban J connectivity index is 1.54. The monoisotopic (exact) mass is 392 g/mol. The van der Waals surface area contributed by atoms with Crippen LogP contribution in [0.5, 0.6) is 0 Å². The van der Waals surface area contributed by atoms with Crippen molar-refractivity contribution in [2.24, 2.45) is 5.92 Å². The van der Waals surface area contributed by atoms with Crippen LogP contribution in [0, 0.1) is 5.92 Å². The minimum Gasteiger partial charge on any atom is -0.323 e. The molecule has 0 bridgehead atoms. The fraction of sp³-hybridized carbons (Fsp3) is 0.444. The van der Waals surface area contributed by atoms with Gasteiger partial charge in [0.05, 0.1) is 0 Å². The summed E-state index contributed by atoms with van der Waals surface area (Å²) >= 11 is 5.76. The molecule has 1 aromatic rings. The molecule has 9 heteroatoms. The molecule has 8 nitrogen and oxygen atoms in total. The zero-order valence-corrected chi connectivity index (χ0v) is 15.6. The number of nitrogens with zero attached hydrogens (tertiary/aromatic N) is 1. The van der Waals surface area contributed by atoms with Crippen LogP contribution in [0.2, 0.25) is 5.02 Å². The highest BCUT2D eigenvalue weighted by Gasteiger charge is 2.52. The molecule has 0 radical (unpaired) electrons. The van der Waals surface area contributed by atoms with Gasteiger partial charge in [-0.1, -0.05) is 18.5 Å². The molecule has 3 rings (SSSR count). The Morgan fingerprint density at radius 3 is 2.44 bits per heavy atom.